The number of rotatable bonds is 13. The molecule has 0 aliphatic heterocycles. The van der Waals surface area contributed by atoms with Crippen molar-refractivity contribution in [2.75, 3.05) is 13.2 Å². The molecule has 1 aliphatic carbocycles. The van der Waals surface area contributed by atoms with Crippen LogP contribution in [0.25, 0.3) is 10.8 Å². The van der Waals surface area contributed by atoms with E-state index in [9.17, 15) is 9.59 Å². The molecule has 6 nitrogen and oxygen atoms in total. The third-order valence-electron chi connectivity index (χ3n) is 6.98. The number of carbonyl (C=O) groups is 2. The molecule has 1 aliphatic rings. The molecule has 0 radical (unpaired) electrons. The summed E-state index contributed by atoms with van der Waals surface area (Å²) in [6, 6.07) is 6.40. The van der Waals surface area contributed by atoms with Gasteiger partial charge in [0, 0.05) is 33.0 Å². The minimum Gasteiger partial charge on any atom is -0.489 e. The topological polar surface area (TPSA) is 71.1 Å². The summed E-state index contributed by atoms with van der Waals surface area (Å²) in [5.74, 6) is 0.891. The van der Waals surface area contributed by atoms with Crippen molar-refractivity contribution < 1.29 is 28.5 Å². The number of esters is 2. The van der Waals surface area contributed by atoms with E-state index in [-0.39, 0.29) is 25.4 Å². The van der Waals surface area contributed by atoms with Crippen molar-refractivity contribution in [2.24, 2.45) is 0 Å². The number of ether oxygens (including phenoxy) is 4. The zero-order chi connectivity index (χ0) is 27.8. The maximum Gasteiger partial charge on any atom is 0.333 e. The van der Waals surface area contributed by atoms with E-state index in [2.05, 4.69) is 38.3 Å². The van der Waals surface area contributed by atoms with Crippen LogP contribution in [0.1, 0.15) is 77.0 Å². The lowest BCUT2D eigenvalue weighted by Crippen LogP contribution is -2.26. The predicted molar refractivity (Wildman–Crippen MR) is 151 cm³/mol. The first kappa shape index (κ1) is 29.3. The van der Waals surface area contributed by atoms with Gasteiger partial charge in [-0.25, -0.2) is 9.59 Å². The first-order valence-electron chi connectivity index (χ1n) is 13.8. The molecule has 0 spiro atoms. The molecule has 2 atom stereocenters. The molecule has 38 heavy (non-hydrogen) atoms. The van der Waals surface area contributed by atoms with Gasteiger partial charge in [-0.2, -0.15) is 0 Å². The molecule has 0 saturated heterocycles. The molecule has 2 aromatic carbocycles. The van der Waals surface area contributed by atoms with Crippen LogP contribution < -0.4 is 9.47 Å². The van der Waals surface area contributed by atoms with Crippen molar-refractivity contribution in [3.05, 3.63) is 59.2 Å². The second kappa shape index (κ2) is 13.5. The lowest BCUT2D eigenvalue weighted by molar-refractivity contribution is -0.146. The van der Waals surface area contributed by atoms with Gasteiger partial charge in [0.05, 0.1) is 0 Å². The van der Waals surface area contributed by atoms with Gasteiger partial charge in [0.25, 0.3) is 0 Å². The highest BCUT2D eigenvalue weighted by atomic mass is 16.6. The Labute approximate surface area is 227 Å². The van der Waals surface area contributed by atoms with E-state index in [0.717, 1.165) is 65.5 Å². The van der Waals surface area contributed by atoms with Crippen LogP contribution >= 0.6 is 0 Å². The predicted octanol–water partition coefficient (Wildman–Crippen LogP) is 6.83. The maximum atomic E-state index is 12.1. The molecule has 0 N–H and O–H groups in total. The third kappa shape index (κ3) is 6.97. The standard InChI is InChI=1S/C32H42O6/c1-8-22-15-16-27-28(17-22)30(36-19-24(10-3)38-32(34)21(6)7)26-14-12-11-13-25(26)29(27)35-18-23(9-2)37-31(33)20(4)5/h15-17,23-24H,4,6,8-14,18-19H2,1-3,5,7H3. The fraction of sp³-hybridized carbons (Fsp3) is 0.500. The zero-order valence-electron chi connectivity index (χ0n) is 23.6. The van der Waals surface area contributed by atoms with Gasteiger partial charge in [0.2, 0.25) is 0 Å². The Balaban J connectivity index is 2.00. The van der Waals surface area contributed by atoms with E-state index in [4.69, 9.17) is 18.9 Å². The highest BCUT2D eigenvalue weighted by Crippen LogP contribution is 2.45. The minimum absolute atomic E-state index is 0.265. The Morgan fingerprint density at radius 2 is 1.26 bits per heavy atom. The number of fused-ring (bicyclic) bond motifs is 2. The van der Waals surface area contributed by atoms with Crippen LogP contribution in [-0.2, 0) is 38.3 Å². The third-order valence-corrected chi connectivity index (χ3v) is 6.98. The Hall–Kier alpha value is -3.28. The molecule has 2 unspecified atom stereocenters. The number of carbonyl (C=O) groups excluding carboxylic acids is 2. The number of benzene rings is 2. The summed E-state index contributed by atoms with van der Waals surface area (Å²) >= 11 is 0. The van der Waals surface area contributed by atoms with Gasteiger partial charge in [0.15, 0.2) is 0 Å². The average Bonchev–Trinajstić information content (AvgIpc) is 2.92. The van der Waals surface area contributed by atoms with Crippen LogP contribution in [0.3, 0.4) is 0 Å². The Bertz CT molecular complexity index is 1190. The van der Waals surface area contributed by atoms with Crippen molar-refractivity contribution >= 4 is 22.7 Å². The smallest absolute Gasteiger partial charge is 0.333 e. The summed E-state index contributed by atoms with van der Waals surface area (Å²) in [4.78, 5) is 24.2. The fourth-order valence-corrected chi connectivity index (χ4v) is 4.59. The van der Waals surface area contributed by atoms with Crippen molar-refractivity contribution in [1.82, 2.24) is 0 Å². The molecule has 0 heterocycles. The molecular weight excluding hydrogens is 480 g/mol. The van der Waals surface area contributed by atoms with Gasteiger partial charge < -0.3 is 18.9 Å². The number of aryl methyl sites for hydroxylation is 1. The largest absolute Gasteiger partial charge is 0.489 e. The number of hydrogen-bond donors (Lipinski definition) is 0. The Morgan fingerprint density at radius 3 is 1.68 bits per heavy atom. The monoisotopic (exact) mass is 522 g/mol. The fourth-order valence-electron chi connectivity index (χ4n) is 4.59. The first-order chi connectivity index (χ1) is 18.2. The summed E-state index contributed by atoms with van der Waals surface area (Å²) in [6.45, 7) is 17.3. The van der Waals surface area contributed by atoms with Gasteiger partial charge >= 0.3 is 11.9 Å². The Morgan fingerprint density at radius 1 is 0.789 bits per heavy atom. The van der Waals surface area contributed by atoms with Gasteiger partial charge in [-0.3, -0.25) is 0 Å². The molecule has 3 rings (SSSR count). The summed E-state index contributed by atoms with van der Waals surface area (Å²) < 4.78 is 24.1. The van der Waals surface area contributed by atoms with Gasteiger partial charge in [-0.1, -0.05) is 46.1 Å². The number of hydrogen-bond acceptors (Lipinski definition) is 6. The quantitative estimate of drug-likeness (QED) is 0.212. The van der Waals surface area contributed by atoms with Crippen molar-refractivity contribution in [3.8, 4) is 11.5 Å². The molecule has 0 amide bonds. The lowest BCUT2D eigenvalue weighted by atomic mass is 9.86. The highest BCUT2D eigenvalue weighted by molar-refractivity contribution is 5.97. The Kier molecular flexibility index (Phi) is 10.4. The molecule has 0 saturated carbocycles. The first-order valence-corrected chi connectivity index (χ1v) is 13.8. The van der Waals surface area contributed by atoms with E-state index < -0.39 is 11.9 Å². The summed E-state index contributed by atoms with van der Waals surface area (Å²) in [5.41, 5.74) is 4.25. The molecule has 0 aromatic heterocycles. The summed E-state index contributed by atoms with van der Waals surface area (Å²) in [5, 5.41) is 1.97. The second-order valence-corrected chi connectivity index (χ2v) is 10.1. The van der Waals surface area contributed by atoms with Crippen LogP contribution in [0.2, 0.25) is 0 Å². The van der Waals surface area contributed by atoms with Crippen molar-refractivity contribution in [1.29, 1.82) is 0 Å². The van der Waals surface area contributed by atoms with Crippen LogP contribution in [0.4, 0.5) is 0 Å². The molecule has 2 aromatic rings. The van der Waals surface area contributed by atoms with Crippen molar-refractivity contribution in [3.63, 3.8) is 0 Å². The summed E-state index contributed by atoms with van der Waals surface area (Å²) in [6.07, 6.45) is 5.34. The SMILES string of the molecule is C=C(C)C(=O)OC(CC)COc1c2c(c(OCC(CC)OC(=O)C(=C)C)c3cc(CC)ccc13)CCCC2. The van der Waals surface area contributed by atoms with E-state index >= 15 is 0 Å². The molecule has 0 fully saturated rings. The van der Waals surface area contributed by atoms with Crippen LogP contribution in [0, 0.1) is 0 Å². The average molecular weight is 523 g/mol. The van der Waals surface area contributed by atoms with E-state index in [1.807, 2.05) is 13.8 Å². The molecule has 206 valence electrons. The van der Waals surface area contributed by atoms with Crippen LogP contribution in [-0.4, -0.2) is 37.4 Å². The molecule has 0 bridgehead atoms. The van der Waals surface area contributed by atoms with E-state index in [1.54, 1.807) is 13.8 Å². The van der Waals surface area contributed by atoms with Gasteiger partial charge in [-0.05, 0) is 70.4 Å². The normalized spacial score (nSPS) is 14.2. The lowest BCUT2D eigenvalue weighted by Gasteiger charge is -2.27. The molecule has 6 heteroatoms. The van der Waals surface area contributed by atoms with Crippen LogP contribution in [0.15, 0.2) is 42.5 Å². The second-order valence-electron chi connectivity index (χ2n) is 10.1. The zero-order valence-corrected chi connectivity index (χ0v) is 23.6. The van der Waals surface area contributed by atoms with Gasteiger partial charge in [-0.15, -0.1) is 0 Å². The highest BCUT2D eigenvalue weighted by Gasteiger charge is 2.26. The van der Waals surface area contributed by atoms with Crippen LogP contribution in [0.5, 0.6) is 11.5 Å². The summed E-state index contributed by atoms with van der Waals surface area (Å²) in [7, 11) is 0. The van der Waals surface area contributed by atoms with Gasteiger partial charge in [0.1, 0.15) is 36.9 Å². The molecular formula is C32H42O6. The van der Waals surface area contributed by atoms with E-state index in [1.165, 1.54) is 5.56 Å². The van der Waals surface area contributed by atoms with Crippen molar-refractivity contribution in [2.45, 2.75) is 91.8 Å². The maximum absolute atomic E-state index is 12.1. The minimum atomic E-state index is -0.401. The van der Waals surface area contributed by atoms with E-state index in [0.29, 0.717) is 24.0 Å².